The summed E-state index contributed by atoms with van der Waals surface area (Å²) in [6.07, 6.45) is 8.57. The van der Waals surface area contributed by atoms with Crippen LogP contribution in [0.3, 0.4) is 0 Å². The van der Waals surface area contributed by atoms with Crippen molar-refractivity contribution >= 4 is 5.97 Å². The molecule has 0 aliphatic carbocycles. The average molecular weight is 294 g/mol. The second kappa shape index (κ2) is 10.4. The van der Waals surface area contributed by atoms with Crippen LogP contribution in [0.15, 0.2) is 24.3 Å². The molecule has 1 rings (SSSR count). The third-order valence-corrected chi connectivity index (χ3v) is 3.59. The van der Waals surface area contributed by atoms with Gasteiger partial charge in [-0.05, 0) is 37.5 Å². The lowest BCUT2D eigenvalue weighted by atomic mass is 10.0. The Morgan fingerprint density at radius 1 is 1.10 bits per heavy atom. The molecule has 1 unspecified atom stereocenters. The summed E-state index contributed by atoms with van der Waals surface area (Å²) in [6.45, 7) is 4.31. The molecule has 1 atom stereocenters. The van der Waals surface area contributed by atoms with E-state index in [0.717, 1.165) is 32.1 Å². The molecular formula is C18H27FO2. The zero-order chi connectivity index (χ0) is 15.5. The molecule has 0 N–H and O–H groups in total. The van der Waals surface area contributed by atoms with Gasteiger partial charge < -0.3 is 4.74 Å². The number of esters is 1. The highest BCUT2D eigenvalue weighted by atomic mass is 19.1. The molecular weight excluding hydrogens is 267 g/mol. The van der Waals surface area contributed by atoms with Crippen LogP contribution in [0, 0.1) is 5.82 Å². The van der Waals surface area contributed by atoms with E-state index in [9.17, 15) is 9.18 Å². The van der Waals surface area contributed by atoms with Crippen molar-refractivity contribution in [3.63, 3.8) is 0 Å². The van der Waals surface area contributed by atoms with E-state index in [1.807, 2.05) is 0 Å². The molecule has 0 aromatic heterocycles. The molecule has 0 heterocycles. The number of benzene rings is 1. The van der Waals surface area contributed by atoms with Crippen LogP contribution in [0.4, 0.5) is 4.39 Å². The number of hydrogen-bond donors (Lipinski definition) is 0. The fourth-order valence-corrected chi connectivity index (χ4v) is 2.33. The van der Waals surface area contributed by atoms with E-state index in [2.05, 4.69) is 13.8 Å². The molecule has 2 nitrogen and oxygen atoms in total. The fraction of sp³-hybridized carbons (Fsp3) is 0.611. The zero-order valence-electron chi connectivity index (χ0n) is 13.2. The first-order valence-corrected chi connectivity index (χ1v) is 8.14. The third kappa shape index (κ3) is 7.26. The molecule has 118 valence electrons. The van der Waals surface area contributed by atoms with Crippen LogP contribution in [-0.4, -0.2) is 12.1 Å². The topological polar surface area (TPSA) is 26.3 Å². The maximum atomic E-state index is 13.1. The fourth-order valence-electron chi connectivity index (χ4n) is 2.33. The van der Waals surface area contributed by atoms with E-state index in [4.69, 9.17) is 4.74 Å². The number of unbranched alkanes of at least 4 members (excludes halogenated alkanes) is 4. The van der Waals surface area contributed by atoms with Gasteiger partial charge >= 0.3 is 5.97 Å². The van der Waals surface area contributed by atoms with Gasteiger partial charge in [-0.2, -0.15) is 0 Å². The molecule has 0 saturated carbocycles. The second-order valence-corrected chi connectivity index (χ2v) is 5.53. The summed E-state index contributed by atoms with van der Waals surface area (Å²) >= 11 is 0. The predicted octanol–water partition coefficient (Wildman–Crippen LogP) is 5.51. The van der Waals surface area contributed by atoms with Crippen molar-refractivity contribution in [3.8, 4) is 0 Å². The number of carbonyl (C=O) groups excluding carboxylic acids is 1. The van der Waals surface area contributed by atoms with Crippen molar-refractivity contribution < 1.29 is 13.9 Å². The van der Waals surface area contributed by atoms with Crippen molar-refractivity contribution in [1.82, 2.24) is 0 Å². The Morgan fingerprint density at radius 3 is 2.48 bits per heavy atom. The van der Waals surface area contributed by atoms with Gasteiger partial charge in [0.05, 0.1) is 5.56 Å². The van der Waals surface area contributed by atoms with Crippen molar-refractivity contribution in [3.05, 3.63) is 35.6 Å². The Hall–Kier alpha value is -1.38. The van der Waals surface area contributed by atoms with E-state index < -0.39 is 11.8 Å². The maximum Gasteiger partial charge on any atom is 0.338 e. The van der Waals surface area contributed by atoms with E-state index in [1.54, 1.807) is 6.07 Å². The van der Waals surface area contributed by atoms with Gasteiger partial charge in [0.2, 0.25) is 0 Å². The Balaban J connectivity index is 2.51. The highest BCUT2D eigenvalue weighted by molar-refractivity contribution is 5.89. The Morgan fingerprint density at radius 2 is 1.81 bits per heavy atom. The minimum Gasteiger partial charge on any atom is -0.459 e. The van der Waals surface area contributed by atoms with Crippen LogP contribution >= 0.6 is 0 Å². The second-order valence-electron chi connectivity index (χ2n) is 5.53. The summed E-state index contributed by atoms with van der Waals surface area (Å²) in [4.78, 5) is 12.1. The Labute approximate surface area is 127 Å². The van der Waals surface area contributed by atoms with E-state index in [0.29, 0.717) is 5.56 Å². The van der Waals surface area contributed by atoms with Crippen molar-refractivity contribution in [2.75, 3.05) is 0 Å². The monoisotopic (exact) mass is 294 g/mol. The first-order chi connectivity index (χ1) is 10.2. The lowest BCUT2D eigenvalue weighted by molar-refractivity contribution is 0.0249. The van der Waals surface area contributed by atoms with Gasteiger partial charge in [-0.3, -0.25) is 0 Å². The molecule has 0 fully saturated rings. The minimum absolute atomic E-state index is 0.0439. The lowest BCUT2D eigenvalue weighted by Crippen LogP contribution is -2.18. The van der Waals surface area contributed by atoms with Crippen LogP contribution in [0.25, 0.3) is 0 Å². The Kier molecular flexibility index (Phi) is 8.72. The number of rotatable bonds is 10. The van der Waals surface area contributed by atoms with Crippen LogP contribution in [0.1, 0.15) is 75.6 Å². The number of halogens is 1. The number of hydrogen-bond acceptors (Lipinski definition) is 2. The summed E-state index contributed by atoms with van der Waals surface area (Å²) < 4.78 is 18.7. The van der Waals surface area contributed by atoms with Gasteiger partial charge in [0, 0.05) is 0 Å². The molecule has 0 aliphatic heterocycles. The molecule has 0 radical (unpaired) electrons. The molecule has 0 bridgehead atoms. The normalized spacial score (nSPS) is 12.1. The summed E-state index contributed by atoms with van der Waals surface area (Å²) in [5, 5.41) is 0. The van der Waals surface area contributed by atoms with Gasteiger partial charge in [0.15, 0.2) is 0 Å². The molecule has 1 aromatic rings. The zero-order valence-corrected chi connectivity index (χ0v) is 13.2. The standard InChI is InChI=1S/C18H27FO2/c1-3-5-7-8-13-17(12-6-4-2)21-18(20)15-10-9-11-16(19)14-15/h9-11,14,17H,3-8,12-13H2,1-2H3. The first kappa shape index (κ1) is 17.7. The highest BCUT2D eigenvalue weighted by Crippen LogP contribution is 2.16. The largest absolute Gasteiger partial charge is 0.459 e. The van der Waals surface area contributed by atoms with Gasteiger partial charge in [0.25, 0.3) is 0 Å². The van der Waals surface area contributed by atoms with E-state index >= 15 is 0 Å². The highest BCUT2D eigenvalue weighted by Gasteiger charge is 2.15. The average Bonchev–Trinajstić information content (AvgIpc) is 2.48. The van der Waals surface area contributed by atoms with Gasteiger partial charge in [0.1, 0.15) is 11.9 Å². The SMILES string of the molecule is CCCCCCC(CCCC)OC(=O)c1cccc(F)c1. The molecule has 0 amide bonds. The van der Waals surface area contributed by atoms with Crippen LogP contribution < -0.4 is 0 Å². The van der Waals surface area contributed by atoms with Crippen molar-refractivity contribution in [2.45, 2.75) is 71.3 Å². The molecule has 1 aromatic carbocycles. The summed E-state index contributed by atoms with van der Waals surface area (Å²) in [6, 6.07) is 5.69. The minimum atomic E-state index is -0.411. The van der Waals surface area contributed by atoms with E-state index in [-0.39, 0.29) is 6.10 Å². The maximum absolute atomic E-state index is 13.1. The molecule has 21 heavy (non-hydrogen) atoms. The van der Waals surface area contributed by atoms with E-state index in [1.165, 1.54) is 37.5 Å². The summed E-state index contributed by atoms with van der Waals surface area (Å²) in [5.41, 5.74) is 0.296. The molecule has 0 saturated heterocycles. The van der Waals surface area contributed by atoms with Gasteiger partial charge in [-0.1, -0.05) is 52.0 Å². The van der Waals surface area contributed by atoms with Crippen LogP contribution in [-0.2, 0) is 4.74 Å². The Bertz CT molecular complexity index is 417. The summed E-state index contributed by atoms with van der Waals surface area (Å²) in [5.74, 6) is -0.816. The van der Waals surface area contributed by atoms with Crippen LogP contribution in [0.5, 0.6) is 0 Å². The van der Waals surface area contributed by atoms with Crippen molar-refractivity contribution in [2.24, 2.45) is 0 Å². The van der Waals surface area contributed by atoms with Crippen molar-refractivity contribution in [1.29, 1.82) is 0 Å². The number of ether oxygens (including phenoxy) is 1. The molecule has 3 heteroatoms. The predicted molar refractivity (Wildman–Crippen MR) is 83.9 cm³/mol. The van der Waals surface area contributed by atoms with Gasteiger partial charge in [-0.15, -0.1) is 0 Å². The number of carbonyl (C=O) groups is 1. The third-order valence-electron chi connectivity index (χ3n) is 3.59. The molecule has 0 aliphatic rings. The quantitative estimate of drug-likeness (QED) is 0.420. The smallest absolute Gasteiger partial charge is 0.338 e. The van der Waals surface area contributed by atoms with Gasteiger partial charge in [-0.25, -0.2) is 9.18 Å². The first-order valence-electron chi connectivity index (χ1n) is 8.14. The summed E-state index contributed by atoms with van der Waals surface area (Å²) in [7, 11) is 0. The molecule has 0 spiro atoms. The lowest BCUT2D eigenvalue weighted by Gasteiger charge is -2.18. The van der Waals surface area contributed by atoms with Crippen LogP contribution in [0.2, 0.25) is 0 Å².